The largest absolute Gasteiger partial charge is 0.298 e. The van der Waals surface area contributed by atoms with Gasteiger partial charge in [0.25, 0.3) is 0 Å². The van der Waals surface area contributed by atoms with Gasteiger partial charge in [0.1, 0.15) is 5.25 Å². The van der Waals surface area contributed by atoms with Crippen molar-refractivity contribution in [1.82, 2.24) is 0 Å². The number of carbonyl (C=O) groups excluding carboxylic acids is 1. The lowest BCUT2D eigenvalue weighted by Gasteiger charge is -2.21. The van der Waals surface area contributed by atoms with Gasteiger partial charge >= 0.3 is 0 Å². The summed E-state index contributed by atoms with van der Waals surface area (Å²) in [5.41, 5.74) is 0.714. The summed E-state index contributed by atoms with van der Waals surface area (Å²) in [6, 6.07) is 6.86. The molecule has 0 spiro atoms. The Bertz CT molecular complexity index is 531. The van der Waals surface area contributed by atoms with Crippen LogP contribution in [-0.2, 0) is 14.6 Å². The minimum Gasteiger partial charge on any atom is -0.298 e. The second kappa shape index (κ2) is 4.61. The molecule has 0 radical (unpaired) electrons. The van der Waals surface area contributed by atoms with E-state index in [0.717, 1.165) is 12.8 Å². The Morgan fingerprint density at radius 1 is 1.18 bits per heavy atom. The number of ketones is 1. The molecular weight excluding hydrogens is 236 g/mol. The third-order valence-electron chi connectivity index (χ3n) is 3.27. The summed E-state index contributed by atoms with van der Waals surface area (Å²) in [6.45, 7) is 1.76. The maximum Gasteiger partial charge on any atom is 0.188 e. The smallest absolute Gasteiger partial charge is 0.188 e. The first-order valence-electron chi connectivity index (χ1n) is 5.86. The Kier molecular flexibility index (Phi) is 3.33. The van der Waals surface area contributed by atoms with Gasteiger partial charge in [-0.25, -0.2) is 8.42 Å². The topological polar surface area (TPSA) is 51.2 Å². The first kappa shape index (κ1) is 12.3. The van der Waals surface area contributed by atoms with Crippen LogP contribution in [0.1, 0.15) is 31.2 Å². The van der Waals surface area contributed by atoms with Crippen molar-refractivity contribution in [3.05, 3.63) is 29.8 Å². The van der Waals surface area contributed by atoms with Crippen molar-refractivity contribution in [2.24, 2.45) is 0 Å². The van der Waals surface area contributed by atoms with E-state index in [1.807, 2.05) is 0 Å². The summed E-state index contributed by atoms with van der Waals surface area (Å²) in [4.78, 5) is 12.1. The highest BCUT2D eigenvalue weighted by molar-refractivity contribution is 7.92. The van der Waals surface area contributed by atoms with Crippen molar-refractivity contribution < 1.29 is 13.2 Å². The number of rotatable bonds is 2. The van der Waals surface area contributed by atoms with Crippen LogP contribution in [0.4, 0.5) is 0 Å². The highest BCUT2D eigenvalue weighted by atomic mass is 32.2. The molecule has 1 aromatic carbocycles. The maximum atomic E-state index is 12.4. The number of hydrogen-bond donors (Lipinski definition) is 0. The molecule has 17 heavy (non-hydrogen) atoms. The standard InChI is InChI=1S/C13H16O3S/c1-10-6-2-4-8-12(10)17(15,16)13-9-5-3-7-11(13)14/h2,4,6,8,13H,3,5,7,9H2,1H3. The van der Waals surface area contributed by atoms with Gasteiger partial charge in [-0.05, 0) is 31.4 Å². The predicted octanol–water partition coefficient (Wildman–Crippen LogP) is 2.28. The molecule has 1 atom stereocenters. The molecule has 0 saturated heterocycles. The van der Waals surface area contributed by atoms with Crippen molar-refractivity contribution in [2.45, 2.75) is 42.8 Å². The van der Waals surface area contributed by atoms with Gasteiger partial charge in [0, 0.05) is 6.42 Å². The van der Waals surface area contributed by atoms with Crippen molar-refractivity contribution in [2.75, 3.05) is 0 Å². The summed E-state index contributed by atoms with van der Waals surface area (Å²) >= 11 is 0. The zero-order valence-corrected chi connectivity index (χ0v) is 10.7. The zero-order valence-electron chi connectivity index (χ0n) is 9.85. The van der Waals surface area contributed by atoms with Crippen LogP contribution in [0.3, 0.4) is 0 Å². The summed E-state index contributed by atoms with van der Waals surface area (Å²) in [5.74, 6) is -0.125. The molecule has 0 bridgehead atoms. The average molecular weight is 252 g/mol. The van der Waals surface area contributed by atoms with Crippen molar-refractivity contribution in [3.63, 3.8) is 0 Å². The third-order valence-corrected chi connectivity index (χ3v) is 5.59. The van der Waals surface area contributed by atoms with Crippen molar-refractivity contribution >= 4 is 15.6 Å². The minimum absolute atomic E-state index is 0.125. The van der Waals surface area contributed by atoms with Gasteiger partial charge in [-0.2, -0.15) is 0 Å². The van der Waals surface area contributed by atoms with E-state index in [1.54, 1.807) is 31.2 Å². The van der Waals surface area contributed by atoms with Gasteiger partial charge < -0.3 is 0 Å². The van der Waals surface area contributed by atoms with Gasteiger partial charge in [0.2, 0.25) is 0 Å². The molecule has 1 saturated carbocycles. The summed E-state index contributed by atoms with van der Waals surface area (Å²) in [5, 5.41) is -0.822. The Labute approximate surface area is 102 Å². The first-order valence-corrected chi connectivity index (χ1v) is 7.40. The normalized spacial score (nSPS) is 21.5. The average Bonchev–Trinajstić information content (AvgIpc) is 2.29. The van der Waals surface area contributed by atoms with E-state index in [4.69, 9.17) is 0 Å². The highest BCUT2D eigenvalue weighted by Gasteiger charge is 2.35. The number of sulfone groups is 1. The lowest BCUT2D eigenvalue weighted by Crippen LogP contribution is -2.33. The fraction of sp³-hybridized carbons (Fsp3) is 0.462. The molecule has 0 aromatic heterocycles. The fourth-order valence-electron chi connectivity index (χ4n) is 2.31. The second-order valence-corrected chi connectivity index (χ2v) is 6.61. The highest BCUT2D eigenvalue weighted by Crippen LogP contribution is 2.27. The number of Topliss-reactive ketones (excluding diaryl/α,β-unsaturated/α-hetero) is 1. The van der Waals surface area contributed by atoms with E-state index in [-0.39, 0.29) is 5.78 Å². The van der Waals surface area contributed by atoms with E-state index < -0.39 is 15.1 Å². The molecule has 4 heteroatoms. The van der Waals surface area contributed by atoms with E-state index in [2.05, 4.69) is 0 Å². The third kappa shape index (κ3) is 2.27. The lowest BCUT2D eigenvalue weighted by molar-refractivity contribution is -0.119. The Morgan fingerprint density at radius 3 is 2.53 bits per heavy atom. The summed E-state index contributed by atoms with van der Waals surface area (Å²) in [6.07, 6.45) is 2.51. The molecule has 0 aliphatic heterocycles. The van der Waals surface area contributed by atoms with Gasteiger partial charge in [-0.1, -0.05) is 24.6 Å². The molecule has 3 nitrogen and oxygen atoms in total. The zero-order chi connectivity index (χ0) is 12.5. The van der Waals surface area contributed by atoms with Gasteiger partial charge in [0.15, 0.2) is 15.6 Å². The van der Waals surface area contributed by atoms with Crippen LogP contribution in [0, 0.1) is 6.92 Å². The van der Waals surface area contributed by atoms with Crippen LogP contribution in [0.25, 0.3) is 0 Å². The molecule has 2 rings (SSSR count). The van der Waals surface area contributed by atoms with Gasteiger partial charge in [0.05, 0.1) is 4.90 Å². The predicted molar refractivity (Wildman–Crippen MR) is 65.6 cm³/mol. The molecule has 92 valence electrons. The second-order valence-electron chi connectivity index (χ2n) is 4.51. The van der Waals surface area contributed by atoms with E-state index >= 15 is 0 Å². The van der Waals surface area contributed by atoms with Gasteiger partial charge in [-0.15, -0.1) is 0 Å². The Balaban J connectivity index is 2.43. The van der Waals surface area contributed by atoms with Crippen LogP contribution in [0.5, 0.6) is 0 Å². The SMILES string of the molecule is Cc1ccccc1S(=O)(=O)C1CCCCC1=O. The lowest BCUT2D eigenvalue weighted by atomic mass is 9.99. The van der Waals surface area contributed by atoms with E-state index in [9.17, 15) is 13.2 Å². The number of benzene rings is 1. The Hall–Kier alpha value is -1.16. The molecule has 1 aliphatic rings. The maximum absolute atomic E-state index is 12.4. The molecular formula is C13H16O3S. The summed E-state index contributed by atoms with van der Waals surface area (Å²) < 4.78 is 24.8. The fourth-order valence-corrected chi connectivity index (χ4v) is 4.34. The monoisotopic (exact) mass is 252 g/mol. The molecule has 0 amide bonds. The number of hydrogen-bond acceptors (Lipinski definition) is 3. The van der Waals surface area contributed by atoms with Crippen LogP contribution >= 0.6 is 0 Å². The van der Waals surface area contributed by atoms with E-state index in [0.29, 0.717) is 23.3 Å². The summed E-state index contributed by atoms with van der Waals surface area (Å²) in [7, 11) is -3.49. The molecule has 0 heterocycles. The van der Waals surface area contributed by atoms with Crippen molar-refractivity contribution in [3.8, 4) is 0 Å². The molecule has 1 fully saturated rings. The number of aryl methyl sites for hydroxylation is 1. The number of carbonyl (C=O) groups is 1. The van der Waals surface area contributed by atoms with Crippen molar-refractivity contribution in [1.29, 1.82) is 0 Å². The molecule has 1 aromatic rings. The molecule has 1 unspecified atom stereocenters. The van der Waals surface area contributed by atoms with Gasteiger partial charge in [-0.3, -0.25) is 4.79 Å². The first-order chi connectivity index (χ1) is 8.03. The quantitative estimate of drug-likeness (QED) is 0.811. The molecule has 0 N–H and O–H groups in total. The van der Waals surface area contributed by atoms with Crippen LogP contribution < -0.4 is 0 Å². The minimum atomic E-state index is -3.49. The van der Waals surface area contributed by atoms with Crippen LogP contribution in [0.15, 0.2) is 29.2 Å². The van der Waals surface area contributed by atoms with Crippen LogP contribution in [0.2, 0.25) is 0 Å². The van der Waals surface area contributed by atoms with E-state index in [1.165, 1.54) is 0 Å². The molecule has 1 aliphatic carbocycles. The van der Waals surface area contributed by atoms with Crippen LogP contribution in [-0.4, -0.2) is 19.5 Å². The Morgan fingerprint density at radius 2 is 1.88 bits per heavy atom.